The van der Waals surface area contributed by atoms with Crippen molar-refractivity contribution in [3.8, 4) is 0 Å². The number of carbonyl (C=O) groups excluding carboxylic acids is 2. The second kappa shape index (κ2) is 8.19. The maximum absolute atomic E-state index is 12.7. The number of hydrogen-bond acceptors (Lipinski definition) is 4. The van der Waals surface area contributed by atoms with Crippen molar-refractivity contribution >= 4 is 28.4 Å². The molecular formula is C22H21N3O3. The van der Waals surface area contributed by atoms with Crippen LogP contribution in [0, 0.1) is 0 Å². The predicted molar refractivity (Wildman–Crippen MR) is 107 cm³/mol. The Bertz CT molecular complexity index is 1010. The van der Waals surface area contributed by atoms with E-state index in [1.165, 1.54) is 0 Å². The quantitative estimate of drug-likeness (QED) is 0.716. The Morgan fingerprint density at radius 2 is 1.82 bits per heavy atom. The van der Waals surface area contributed by atoms with Gasteiger partial charge in [-0.1, -0.05) is 36.4 Å². The molecule has 0 radical (unpaired) electrons. The van der Waals surface area contributed by atoms with Crippen molar-refractivity contribution in [2.45, 2.75) is 18.9 Å². The lowest BCUT2D eigenvalue weighted by Gasteiger charge is -2.13. The van der Waals surface area contributed by atoms with Crippen molar-refractivity contribution in [1.82, 2.24) is 10.3 Å². The number of aromatic nitrogens is 1. The summed E-state index contributed by atoms with van der Waals surface area (Å²) in [4.78, 5) is 29.7. The summed E-state index contributed by atoms with van der Waals surface area (Å²) in [5.41, 5.74) is 1.91. The van der Waals surface area contributed by atoms with E-state index < -0.39 is 0 Å². The van der Waals surface area contributed by atoms with E-state index in [0.717, 1.165) is 30.4 Å². The van der Waals surface area contributed by atoms with E-state index in [1.807, 2.05) is 30.3 Å². The lowest BCUT2D eigenvalue weighted by atomic mass is 10.1. The molecule has 6 heteroatoms. The van der Waals surface area contributed by atoms with E-state index in [-0.39, 0.29) is 17.9 Å². The highest BCUT2D eigenvalue weighted by Gasteiger charge is 2.19. The van der Waals surface area contributed by atoms with Crippen LogP contribution in [0.1, 0.15) is 33.7 Å². The molecule has 1 saturated heterocycles. The molecule has 4 rings (SSSR count). The van der Waals surface area contributed by atoms with Crippen LogP contribution in [0.15, 0.2) is 60.7 Å². The summed E-state index contributed by atoms with van der Waals surface area (Å²) in [6.07, 6.45) is 2.03. The van der Waals surface area contributed by atoms with Gasteiger partial charge in [0, 0.05) is 18.5 Å². The second-order valence-corrected chi connectivity index (χ2v) is 6.73. The lowest BCUT2D eigenvalue weighted by molar-refractivity contribution is 0.0858. The number of rotatable bonds is 5. The van der Waals surface area contributed by atoms with E-state index in [9.17, 15) is 9.59 Å². The number of hydrogen-bond donors (Lipinski definition) is 2. The molecule has 1 aliphatic rings. The standard InChI is InChI=1S/C22H21N3O3/c26-21(23-14-16-7-5-13-28-16)17-8-2-4-10-19(17)25-22(27)20-12-11-15-6-1-3-9-18(15)24-20/h1-4,6,8-12,16H,5,7,13-14H2,(H,23,26)(H,25,27). The number of nitrogens with one attached hydrogen (secondary N) is 2. The fourth-order valence-electron chi connectivity index (χ4n) is 3.28. The lowest BCUT2D eigenvalue weighted by Crippen LogP contribution is -2.32. The van der Waals surface area contributed by atoms with Gasteiger partial charge >= 0.3 is 0 Å². The van der Waals surface area contributed by atoms with Crippen LogP contribution in [0.5, 0.6) is 0 Å². The molecule has 1 atom stereocenters. The zero-order valence-corrected chi connectivity index (χ0v) is 15.4. The average Bonchev–Trinajstić information content (AvgIpc) is 3.25. The highest BCUT2D eigenvalue weighted by atomic mass is 16.5. The third-order valence-electron chi connectivity index (χ3n) is 4.77. The summed E-state index contributed by atoms with van der Waals surface area (Å²) >= 11 is 0. The molecule has 2 heterocycles. The van der Waals surface area contributed by atoms with Crippen molar-refractivity contribution in [2.24, 2.45) is 0 Å². The number of ether oxygens (including phenoxy) is 1. The average molecular weight is 375 g/mol. The Morgan fingerprint density at radius 1 is 1.00 bits per heavy atom. The summed E-state index contributed by atoms with van der Waals surface area (Å²) < 4.78 is 5.53. The zero-order valence-electron chi connectivity index (χ0n) is 15.4. The normalized spacial score (nSPS) is 16.1. The minimum Gasteiger partial charge on any atom is -0.376 e. The summed E-state index contributed by atoms with van der Waals surface area (Å²) in [6.45, 7) is 1.21. The van der Waals surface area contributed by atoms with Gasteiger partial charge in [-0.2, -0.15) is 0 Å². The first-order valence-electron chi connectivity index (χ1n) is 9.37. The van der Waals surface area contributed by atoms with Gasteiger partial charge in [0.15, 0.2) is 0 Å². The monoisotopic (exact) mass is 375 g/mol. The molecule has 0 bridgehead atoms. The molecule has 28 heavy (non-hydrogen) atoms. The topological polar surface area (TPSA) is 80.3 Å². The number of para-hydroxylation sites is 2. The summed E-state index contributed by atoms with van der Waals surface area (Å²) in [6, 6.07) is 18.1. The number of anilines is 1. The van der Waals surface area contributed by atoms with Crippen LogP contribution in [0.2, 0.25) is 0 Å². The molecule has 2 aromatic carbocycles. The van der Waals surface area contributed by atoms with Gasteiger partial charge in [0.05, 0.1) is 22.9 Å². The fourth-order valence-corrected chi connectivity index (χ4v) is 3.28. The molecule has 0 spiro atoms. The number of fused-ring (bicyclic) bond motifs is 1. The minimum atomic E-state index is -0.356. The highest BCUT2D eigenvalue weighted by Crippen LogP contribution is 2.18. The maximum atomic E-state index is 12.7. The molecule has 1 unspecified atom stereocenters. The second-order valence-electron chi connectivity index (χ2n) is 6.73. The van der Waals surface area contributed by atoms with Crippen LogP contribution in [0.3, 0.4) is 0 Å². The molecule has 2 N–H and O–H groups in total. The van der Waals surface area contributed by atoms with Crippen LogP contribution in [0.25, 0.3) is 10.9 Å². The Kier molecular flexibility index (Phi) is 5.30. The summed E-state index contributed by atoms with van der Waals surface area (Å²) in [7, 11) is 0. The largest absolute Gasteiger partial charge is 0.376 e. The van der Waals surface area contributed by atoms with Crippen molar-refractivity contribution in [1.29, 1.82) is 0 Å². The van der Waals surface area contributed by atoms with Gasteiger partial charge in [-0.05, 0) is 37.1 Å². The molecule has 1 fully saturated rings. The van der Waals surface area contributed by atoms with Crippen molar-refractivity contribution < 1.29 is 14.3 Å². The van der Waals surface area contributed by atoms with Crippen LogP contribution in [-0.4, -0.2) is 36.1 Å². The molecule has 2 amide bonds. The van der Waals surface area contributed by atoms with E-state index in [1.54, 1.807) is 30.3 Å². The fraction of sp³-hybridized carbons (Fsp3) is 0.227. The molecule has 3 aromatic rings. The maximum Gasteiger partial charge on any atom is 0.274 e. The highest BCUT2D eigenvalue weighted by molar-refractivity contribution is 6.08. The van der Waals surface area contributed by atoms with Crippen LogP contribution < -0.4 is 10.6 Å². The van der Waals surface area contributed by atoms with E-state index in [0.29, 0.717) is 23.5 Å². The number of pyridine rings is 1. The number of nitrogens with zero attached hydrogens (tertiary/aromatic N) is 1. The first-order valence-corrected chi connectivity index (χ1v) is 9.37. The predicted octanol–water partition coefficient (Wildman–Crippen LogP) is 3.40. The number of benzene rings is 2. The van der Waals surface area contributed by atoms with Gasteiger partial charge in [-0.3, -0.25) is 9.59 Å². The molecule has 142 valence electrons. The molecule has 1 aromatic heterocycles. The van der Waals surface area contributed by atoms with Gasteiger partial charge in [0.25, 0.3) is 11.8 Å². The molecular weight excluding hydrogens is 354 g/mol. The Morgan fingerprint density at radius 3 is 2.68 bits per heavy atom. The van der Waals surface area contributed by atoms with Crippen LogP contribution >= 0.6 is 0 Å². The Balaban J connectivity index is 1.49. The Hall–Kier alpha value is -3.25. The van der Waals surface area contributed by atoms with Gasteiger partial charge in [0.1, 0.15) is 5.69 Å². The number of carbonyl (C=O) groups is 2. The van der Waals surface area contributed by atoms with Crippen molar-refractivity contribution in [3.63, 3.8) is 0 Å². The smallest absolute Gasteiger partial charge is 0.274 e. The van der Waals surface area contributed by atoms with Crippen LogP contribution in [-0.2, 0) is 4.74 Å². The van der Waals surface area contributed by atoms with E-state index >= 15 is 0 Å². The Labute approximate surface area is 162 Å². The van der Waals surface area contributed by atoms with Gasteiger partial charge in [-0.25, -0.2) is 4.98 Å². The first kappa shape index (κ1) is 18.1. The first-order chi connectivity index (χ1) is 13.7. The summed E-state index contributed by atoms with van der Waals surface area (Å²) in [5.74, 6) is -0.594. The van der Waals surface area contributed by atoms with Gasteiger partial charge < -0.3 is 15.4 Å². The molecule has 1 aliphatic heterocycles. The van der Waals surface area contributed by atoms with Crippen LogP contribution in [0.4, 0.5) is 5.69 Å². The zero-order chi connectivity index (χ0) is 19.3. The number of amides is 2. The van der Waals surface area contributed by atoms with Crippen molar-refractivity contribution in [3.05, 3.63) is 71.9 Å². The van der Waals surface area contributed by atoms with Crippen molar-refractivity contribution in [2.75, 3.05) is 18.5 Å². The summed E-state index contributed by atoms with van der Waals surface area (Å²) in [5, 5.41) is 6.66. The third kappa shape index (κ3) is 4.02. The van der Waals surface area contributed by atoms with E-state index in [2.05, 4.69) is 15.6 Å². The SMILES string of the molecule is O=C(Nc1ccccc1C(=O)NCC1CCCO1)c1ccc2ccccc2n1. The molecule has 6 nitrogen and oxygen atoms in total. The molecule has 0 aliphatic carbocycles. The van der Waals surface area contributed by atoms with Gasteiger partial charge in [-0.15, -0.1) is 0 Å². The minimum absolute atomic E-state index is 0.0625. The molecule has 0 saturated carbocycles. The van der Waals surface area contributed by atoms with Gasteiger partial charge in [0.2, 0.25) is 0 Å². The third-order valence-corrected chi connectivity index (χ3v) is 4.77. The van der Waals surface area contributed by atoms with E-state index in [4.69, 9.17) is 4.74 Å².